The van der Waals surface area contributed by atoms with Crippen LogP contribution >= 0.6 is 0 Å². The SMILES string of the molecule is C.C1OC1CC1CO1.CN.CNCC(O)CC1CO1. The monoisotopic (exact) mass is 278 g/mol. The highest BCUT2D eigenvalue weighted by Crippen LogP contribution is 2.23. The third kappa shape index (κ3) is 11.3. The molecule has 0 bridgehead atoms. The van der Waals surface area contributed by atoms with Gasteiger partial charge < -0.3 is 30.4 Å². The molecule has 4 N–H and O–H groups in total. The summed E-state index contributed by atoms with van der Waals surface area (Å²) in [4.78, 5) is 0. The van der Waals surface area contributed by atoms with Crippen LogP contribution in [0.5, 0.6) is 0 Å². The van der Waals surface area contributed by atoms with E-state index in [1.54, 1.807) is 0 Å². The van der Waals surface area contributed by atoms with Gasteiger partial charge in [0.2, 0.25) is 0 Å². The van der Waals surface area contributed by atoms with Gasteiger partial charge in [0.25, 0.3) is 0 Å². The molecule has 3 heterocycles. The Morgan fingerprint density at radius 2 is 1.53 bits per heavy atom. The second kappa shape index (κ2) is 10.5. The maximum Gasteiger partial charge on any atom is 0.0835 e. The number of epoxide rings is 3. The molecule has 3 fully saturated rings. The van der Waals surface area contributed by atoms with Crippen molar-refractivity contribution in [1.29, 1.82) is 0 Å². The van der Waals surface area contributed by atoms with Gasteiger partial charge in [0.15, 0.2) is 0 Å². The maximum absolute atomic E-state index is 9.12. The maximum atomic E-state index is 9.12. The fourth-order valence-corrected chi connectivity index (χ4v) is 1.53. The molecule has 0 aromatic carbocycles. The predicted molar refractivity (Wildman–Crippen MR) is 75.2 cm³/mol. The Bertz CT molecular complexity index is 197. The minimum Gasteiger partial charge on any atom is -0.392 e. The van der Waals surface area contributed by atoms with Crippen LogP contribution in [0.2, 0.25) is 0 Å². The first-order valence-electron chi connectivity index (χ1n) is 6.53. The average molecular weight is 278 g/mol. The number of aliphatic hydroxyl groups is 1. The van der Waals surface area contributed by atoms with Crippen LogP contribution in [-0.4, -0.2) is 70.0 Å². The second-order valence-electron chi connectivity index (χ2n) is 4.55. The number of likely N-dealkylation sites (N-methyl/N-ethyl adjacent to an activating group) is 1. The fourth-order valence-electron chi connectivity index (χ4n) is 1.53. The number of nitrogens with two attached hydrogens (primary N) is 1. The lowest BCUT2D eigenvalue weighted by atomic mass is 10.2. The average Bonchev–Trinajstić information content (AvgIpc) is 3.20. The Morgan fingerprint density at radius 3 is 1.84 bits per heavy atom. The number of hydrogen-bond acceptors (Lipinski definition) is 6. The number of hydrogen-bond donors (Lipinski definition) is 3. The molecule has 6 heteroatoms. The van der Waals surface area contributed by atoms with Crippen LogP contribution in [0.25, 0.3) is 0 Å². The molecule has 6 nitrogen and oxygen atoms in total. The Balaban J connectivity index is 0.000000293. The van der Waals surface area contributed by atoms with Gasteiger partial charge in [-0.25, -0.2) is 0 Å². The minimum absolute atomic E-state index is 0. The van der Waals surface area contributed by atoms with Crippen LogP contribution in [-0.2, 0) is 14.2 Å². The van der Waals surface area contributed by atoms with E-state index in [4.69, 9.17) is 19.3 Å². The first-order valence-corrected chi connectivity index (χ1v) is 6.53. The molecule has 0 aliphatic carbocycles. The summed E-state index contributed by atoms with van der Waals surface area (Å²) in [5.41, 5.74) is 4.50. The molecule has 0 aromatic heterocycles. The highest BCUT2D eigenvalue weighted by molar-refractivity contribution is 4.79. The van der Waals surface area contributed by atoms with Gasteiger partial charge in [-0.2, -0.15) is 0 Å². The first kappa shape index (κ1) is 18.8. The Morgan fingerprint density at radius 1 is 1.11 bits per heavy atom. The van der Waals surface area contributed by atoms with Crippen LogP contribution in [0.15, 0.2) is 0 Å². The number of rotatable bonds is 6. The van der Waals surface area contributed by atoms with Crippen molar-refractivity contribution in [3.63, 3.8) is 0 Å². The van der Waals surface area contributed by atoms with Crippen LogP contribution < -0.4 is 11.1 Å². The summed E-state index contributed by atoms with van der Waals surface area (Å²) in [6.07, 6.45) is 3.15. The molecule has 116 valence electrons. The number of ether oxygens (including phenoxy) is 3. The lowest BCUT2D eigenvalue weighted by Crippen LogP contribution is -2.24. The molecule has 4 unspecified atom stereocenters. The van der Waals surface area contributed by atoms with E-state index in [9.17, 15) is 0 Å². The summed E-state index contributed by atoms with van der Waals surface area (Å²) in [6, 6.07) is 0. The first-order chi connectivity index (χ1) is 8.78. The minimum atomic E-state index is -0.234. The molecule has 0 amide bonds. The van der Waals surface area contributed by atoms with Gasteiger partial charge >= 0.3 is 0 Å². The van der Waals surface area contributed by atoms with Crippen molar-refractivity contribution in [3.8, 4) is 0 Å². The normalized spacial score (nSPS) is 30.6. The summed E-state index contributed by atoms with van der Waals surface area (Å²) in [5, 5.41) is 12.0. The van der Waals surface area contributed by atoms with E-state index in [0.29, 0.717) is 24.9 Å². The molecule has 0 saturated carbocycles. The Hall–Kier alpha value is -0.240. The second-order valence-corrected chi connectivity index (χ2v) is 4.55. The van der Waals surface area contributed by atoms with E-state index in [2.05, 4.69) is 11.1 Å². The molecule has 3 rings (SSSR count). The lowest BCUT2D eigenvalue weighted by molar-refractivity contribution is 0.152. The third-order valence-corrected chi connectivity index (χ3v) is 2.71. The zero-order chi connectivity index (χ0) is 13.4. The van der Waals surface area contributed by atoms with E-state index in [-0.39, 0.29) is 13.5 Å². The Labute approximate surface area is 116 Å². The van der Waals surface area contributed by atoms with Gasteiger partial charge in [-0.05, 0) is 14.1 Å². The largest absolute Gasteiger partial charge is 0.392 e. The van der Waals surface area contributed by atoms with E-state index in [1.165, 1.54) is 7.05 Å². The van der Waals surface area contributed by atoms with Crippen molar-refractivity contribution in [3.05, 3.63) is 0 Å². The van der Waals surface area contributed by atoms with Crippen molar-refractivity contribution < 1.29 is 19.3 Å². The highest BCUT2D eigenvalue weighted by Gasteiger charge is 2.32. The molecular weight excluding hydrogens is 248 g/mol. The molecule has 0 aromatic rings. The molecule has 3 saturated heterocycles. The zero-order valence-corrected chi connectivity index (χ0v) is 11.3. The van der Waals surface area contributed by atoms with Gasteiger partial charge in [-0.3, -0.25) is 0 Å². The van der Waals surface area contributed by atoms with Crippen LogP contribution in [0, 0.1) is 0 Å². The molecule has 19 heavy (non-hydrogen) atoms. The molecule has 0 spiro atoms. The topological polar surface area (TPSA) is 95.9 Å². The summed E-state index contributed by atoms with van der Waals surface area (Å²) < 4.78 is 14.9. The van der Waals surface area contributed by atoms with Gasteiger partial charge in [-0.1, -0.05) is 7.43 Å². The summed E-state index contributed by atoms with van der Waals surface area (Å²) in [6.45, 7) is 3.44. The molecular formula is C13H30N2O4. The zero-order valence-electron chi connectivity index (χ0n) is 11.3. The highest BCUT2D eigenvalue weighted by atomic mass is 16.6. The van der Waals surface area contributed by atoms with Gasteiger partial charge in [0, 0.05) is 19.4 Å². The van der Waals surface area contributed by atoms with Gasteiger partial charge in [0.1, 0.15) is 0 Å². The van der Waals surface area contributed by atoms with Crippen molar-refractivity contribution in [2.45, 2.75) is 44.7 Å². The van der Waals surface area contributed by atoms with E-state index < -0.39 is 0 Å². The Kier molecular flexibility index (Phi) is 10.4. The third-order valence-electron chi connectivity index (χ3n) is 2.71. The molecule has 3 aliphatic rings. The quantitative estimate of drug-likeness (QED) is 0.579. The van der Waals surface area contributed by atoms with Crippen LogP contribution in [0.3, 0.4) is 0 Å². The number of aliphatic hydroxyl groups excluding tert-OH is 1. The van der Waals surface area contributed by atoms with E-state index >= 15 is 0 Å². The van der Waals surface area contributed by atoms with E-state index in [1.807, 2.05) is 7.05 Å². The van der Waals surface area contributed by atoms with Crippen LogP contribution in [0.4, 0.5) is 0 Å². The predicted octanol–water partition coefficient (Wildman–Crippen LogP) is -0.259. The lowest BCUT2D eigenvalue weighted by Gasteiger charge is -2.05. The van der Waals surface area contributed by atoms with Crippen molar-refractivity contribution in [1.82, 2.24) is 5.32 Å². The van der Waals surface area contributed by atoms with Crippen molar-refractivity contribution >= 4 is 0 Å². The van der Waals surface area contributed by atoms with E-state index in [0.717, 1.165) is 32.7 Å². The van der Waals surface area contributed by atoms with Crippen molar-refractivity contribution in [2.24, 2.45) is 5.73 Å². The smallest absolute Gasteiger partial charge is 0.0835 e. The van der Waals surface area contributed by atoms with Crippen molar-refractivity contribution in [2.75, 3.05) is 40.5 Å². The van der Waals surface area contributed by atoms with Gasteiger partial charge in [-0.15, -0.1) is 0 Å². The summed E-state index contributed by atoms with van der Waals surface area (Å²) >= 11 is 0. The fraction of sp³-hybridized carbons (Fsp3) is 1.00. The standard InChI is InChI=1S/C6H13NO2.C5H8O2.CH5N.CH4/c1-7-3-5(8)2-6-4-9-6;1(4-2-6-4)5-3-7-5;1-2;/h5-8H,2-4H2,1H3;4-5H,1-3H2;2H2,1H3;1H4. The molecule has 0 radical (unpaired) electrons. The molecule has 3 aliphatic heterocycles. The summed E-state index contributed by atoms with van der Waals surface area (Å²) in [5.74, 6) is 0. The van der Waals surface area contributed by atoms with Gasteiger partial charge in [0.05, 0.1) is 44.2 Å². The molecule has 4 atom stereocenters. The number of nitrogens with one attached hydrogen (secondary N) is 1. The summed E-state index contributed by atoms with van der Waals surface area (Å²) in [7, 11) is 3.33. The van der Waals surface area contributed by atoms with Crippen LogP contribution in [0.1, 0.15) is 20.3 Å².